The molecule has 2 aromatic carbocycles. The van der Waals surface area contributed by atoms with E-state index in [1.807, 2.05) is 0 Å². The molecule has 2 N–H and O–H groups in total. The molecule has 0 aliphatic rings. The number of hydrogen-bond acceptors (Lipinski definition) is 2. The highest BCUT2D eigenvalue weighted by Gasteiger charge is 2.11. The predicted molar refractivity (Wildman–Crippen MR) is 80.2 cm³/mol. The molecule has 0 bridgehead atoms. The van der Waals surface area contributed by atoms with Gasteiger partial charge in [0, 0.05) is 15.7 Å². The topological polar surface area (TPSA) is 66.4 Å². The van der Waals surface area contributed by atoms with Crippen LogP contribution in [-0.2, 0) is 0 Å². The zero-order chi connectivity index (χ0) is 15.6. The molecule has 0 spiro atoms. The number of rotatable bonds is 3. The Labute approximate surface area is 128 Å². The lowest BCUT2D eigenvalue weighted by atomic mass is 10.1. The molecule has 0 saturated heterocycles. The number of anilines is 1. The number of carbonyl (C=O) groups is 2. The SMILES string of the molecule is Cc1cc(F)cc(C(=O)Nc2cc(Br)cc(C(=O)O)c2)c1. The summed E-state index contributed by atoms with van der Waals surface area (Å²) in [6.45, 7) is 1.68. The zero-order valence-corrected chi connectivity index (χ0v) is 12.6. The van der Waals surface area contributed by atoms with E-state index >= 15 is 0 Å². The summed E-state index contributed by atoms with van der Waals surface area (Å²) in [4.78, 5) is 23.0. The molecule has 1 amide bonds. The van der Waals surface area contributed by atoms with Crippen LogP contribution in [0.5, 0.6) is 0 Å². The summed E-state index contributed by atoms with van der Waals surface area (Å²) in [5.41, 5.74) is 1.15. The van der Waals surface area contributed by atoms with E-state index in [1.165, 1.54) is 18.2 Å². The second kappa shape index (κ2) is 6.05. The molecule has 0 saturated carbocycles. The first-order valence-corrected chi connectivity index (χ1v) is 6.77. The van der Waals surface area contributed by atoms with Crippen molar-refractivity contribution in [3.63, 3.8) is 0 Å². The first-order valence-electron chi connectivity index (χ1n) is 5.97. The summed E-state index contributed by atoms with van der Waals surface area (Å²) < 4.78 is 13.8. The third-order valence-electron chi connectivity index (χ3n) is 2.71. The number of aryl methyl sites for hydroxylation is 1. The minimum absolute atomic E-state index is 0.0371. The van der Waals surface area contributed by atoms with Gasteiger partial charge in [0.1, 0.15) is 5.82 Å². The van der Waals surface area contributed by atoms with E-state index < -0.39 is 17.7 Å². The van der Waals surface area contributed by atoms with Gasteiger partial charge in [-0.3, -0.25) is 4.79 Å². The lowest BCUT2D eigenvalue weighted by molar-refractivity contribution is 0.0696. The van der Waals surface area contributed by atoms with Gasteiger partial charge in [-0.2, -0.15) is 0 Å². The first-order chi connectivity index (χ1) is 9.85. The maximum absolute atomic E-state index is 13.3. The van der Waals surface area contributed by atoms with E-state index in [1.54, 1.807) is 19.1 Å². The Morgan fingerprint density at radius 2 is 1.81 bits per heavy atom. The Hall–Kier alpha value is -2.21. The van der Waals surface area contributed by atoms with Gasteiger partial charge in [-0.15, -0.1) is 0 Å². The number of benzene rings is 2. The Morgan fingerprint density at radius 1 is 1.10 bits per heavy atom. The summed E-state index contributed by atoms with van der Waals surface area (Å²) in [5, 5.41) is 11.5. The van der Waals surface area contributed by atoms with Crippen molar-refractivity contribution in [1.82, 2.24) is 0 Å². The highest BCUT2D eigenvalue weighted by molar-refractivity contribution is 9.10. The molecule has 0 unspecified atom stereocenters. The van der Waals surface area contributed by atoms with Crippen LogP contribution in [-0.4, -0.2) is 17.0 Å². The Bertz CT molecular complexity index is 711. The van der Waals surface area contributed by atoms with Gasteiger partial charge in [0.05, 0.1) is 5.56 Å². The summed E-state index contributed by atoms with van der Waals surface area (Å²) >= 11 is 3.18. The van der Waals surface area contributed by atoms with Gasteiger partial charge in [0.25, 0.3) is 5.91 Å². The van der Waals surface area contributed by atoms with Crippen molar-refractivity contribution in [2.75, 3.05) is 5.32 Å². The van der Waals surface area contributed by atoms with Gasteiger partial charge in [-0.1, -0.05) is 15.9 Å². The smallest absolute Gasteiger partial charge is 0.335 e. The van der Waals surface area contributed by atoms with E-state index in [4.69, 9.17) is 5.11 Å². The Kier molecular flexibility index (Phi) is 4.37. The molecule has 0 atom stereocenters. The summed E-state index contributed by atoms with van der Waals surface area (Å²) in [5.74, 6) is -2.11. The fourth-order valence-electron chi connectivity index (χ4n) is 1.86. The number of aromatic carboxylic acids is 1. The van der Waals surface area contributed by atoms with Gasteiger partial charge in [-0.25, -0.2) is 9.18 Å². The molecule has 4 nitrogen and oxygen atoms in total. The Morgan fingerprint density at radius 3 is 2.43 bits per heavy atom. The molecule has 0 fully saturated rings. The van der Waals surface area contributed by atoms with Crippen LogP contribution in [0.2, 0.25) is 0 Å². The predicted octanol–water partition coefficient (Wildman–Crippen LogP) is 3.85. The molecular weight excluding hydrogens is 341 g/mol. The number of carboxylic acids is 1. The molecule has 6 heteroatoms. The van der Waals surface area contributed by atoms with E-state index in [0.29, 0.717) is 15.7 Å². The maximum Gasteiger partial charge on any atom is 0.335 e. The molecule has 108 valence electrons. The summed E-state index contributed by atoms with van der Waals surface area (Å²) in [6, 6.07) is 8.31. The van der Waals surface area contributed by atoms with Crippen LogP contribution in [0.1, 0.15) is 26.3 Å². The number of halogens is 2. The van der Waals surface area contributed by atoms with Crippen molar-refractivity contribution in [3.8, 4) is 0 Å². The molecule has 0 aliphatic carbocycles. The second-order valence-corrected chi connectivity index (χ2v) is 5.42. The quantitative estimate of drug-likeness (QED) is 0.882. The van der Waals surface area contributed by atoms with Gasteiger partial charge < -0.3 is 10.4 Å². The lowest BCUT2D eigenvalue weighted by Gasteiger charge is -2.08. The van der Waals surface area contributed by atoms with Gasteiger partial charge in [0.2, 0.25) is 0 Å². The fraction of sp³-hybridized carbons (Fsp3) is 0.0667. The van der Waals surface area contributed by atoms with Crippen molar-refractivity contribution >= 4 is 33.5 Å². The minimum Gasteiger partial charge on any atom is -0.478 e. The van der Waals surface area contributed by atoms with Gasteiger partial charge in [0.15, 0.2) is 0 Å². The standard InChI is InChI=1S/C15H11BrFNO3/c1-8-2-9(5-12(17)3-8)14(19)18-13-6-10(15(20)21)4-11(16)7-13/h2-7H,1H3,(H,18,19)(H,20,21). The molecule has 0 heterocycles. The van der Waals surface area contributed by atoms with Crippen LogP contribution in [0.25, 0.3) is 0 Å². The van der Waals surface area contributed by atoms with Crippen molar-refractivity contribution in [1.29, 1.82) is 0 Å². The number of carbonyl (C=O) groups excluding carboxylic acids is 1. The Balaban J connectivity index is 2.29. The van der Waals surface area contributed by atoms with Crippen molar-refractivity contribution in [3.05, 3.63) is 63.4 Å². The molecule has 2 rings (SSSR count). The summed E-state index contributed by atoms with van der Waals surface area (Å²) in [6.07, 6.45) is 0. The third kappa shape index (κ3) is 3.88. The molecule has 0 aromatic heterocycles. The monoisotopic (exact) mass is 351 g/mol. The largest absolute Gasteiger partial charge is 0.478 e. The molecular formula is C15H11BrFNO3. The van der Waals surface area contributed by atoms with E-state index in [-0.39, 0.29) is 11.1 Å². The average molecular weight is 352 g/mol. The second-order valence-electron chi connectivity index (χ2n) is 4.51. The highest BCUT2D eigenvalue weighted by atomic mass is 79.9. The zero-order valence-electron chi connectivity index (χ0n) is 11.0. The van der Waals surface area contributed by atoms with Crippen LogP contribution < -0.4 is 5.32 Å². The van der Waals surface area contributed by atoms with Crippen LogP contribution in [0.3, 0.4) is 0 Å². The number of nitrogens with one attached hydrogen (secondary N) is 1. The van der Waals surface area contributed by atoms with E-state index in [2.05, 4.69) is 21.2 Å². The van der Waals surface area contributed by atoms with E-state index in [0.717, 1.165) is 6.07 Å². The summed E-state index contributed by atoms with van der Waals surface area (Å²) in [7, 11) is 0. The number of amides is 1. The minimum atomic E-state index is -1.10. The van der Waals surface area contributed by atoms with Crippen molar-refractivity contribution in [2.45, 2.75) is 6.92 Å². The average Bonchev–Trinajstić information content (AvgIpc) is 2.36. The van der Waals surface area contributed by atoms with Crippen molar-refractivity contribution < 1.29 is 19.1 Å². The highest BCUT2D eigenvalue weighted by Crippen LogP contribution is 2.20. The number of hydrogen-bond donors (Lipinski definition) is 2. The molecule has 2 aromatic rings. The van der Waals surface area contributed by atoms with Gasteiger partial charge >= 0.3 is 5.97 Å². The van der Waals surface area contributed by atoms with Crippen LogP contribution in [0, 0.1) is 12.7 Å². The fourth-order valence-corrected chi connectivity index (χ4v) is 2.35. The van der Waals surface area contributed by atoms with Crippen LogP contribution in [0.15, 0.2) is 40.9 Å². The first kappa shape index (κ1) is 15.2. The normalized spacial score (nSPS) is 10.2. The van der Waals surface area contributed by atoms with E-state index in [9.17, 15) is 14.0 Å². The van der Waals surface area contributed by atoms with Crippen molar-refractivity contribution in [2.24, 2.45) is 0 Å². The van der Waals surface area contributed by atoms with Crippen LogP contribution >= 0.6 is 15.9 Å². The number of carboxylic acid groups (broad SMARTS) is 1. The molecule has 0 aliphatic heterocycles. The maximum atomic E-state index is 13.3. The third-order valence-corrected chi connectivity index (χ3v) is 3.16. The van der Waals surface area contributed by atoms with Crippen LogP contribution in [0.4, 0.5) is 10.1 Å². The molecule has 21 heavy (non-hydrogen) atoms. The lowest BCUT2D eigenvalue weighted by Crippen LogP contribution is -2.13. The van der Waals surface area contributed by atoms with Gasteiger partial charge in [-0.05, 0) is 48.9 Å². The molecule has 0 radical (unpaired) electrons.